The number of carbonyl (C=O) groups is 2. The molecule has 2 N–H and O–H groups in total. The average Bonchev–Trinajstić information content (AvgIpc) is 3.04. The molecule has 0 saturated carbocycles. The molecule has 168 valence electrons. The first-order chi connectivity index (χ1) is 14.4. The minimum atomic E-state index is -1.82. The van der Waals surface area contributed by atoms with Gasteiger partial charge < -0.3 is 24.6 Å². The summed E-state index contributed by atoms with van der Waals surface area (Å²) in [7, 11) is 3.47. The molecule has 1 aromatic rings. The predicted octanol–water partition coefficient (Wildman–Crippen LogP) is 2.70. The van der Waals surface area contributed by atoms with E-state index < -0.39 is 11.9 Å². The van der Waals surface area contributed by atoms with Crippen LogP contribution in [0.4, 0.5) is 0 Å². The minimum Gasteiger partial charge on any atom is -0.497 e. The Bertz CT molecular complexity index is 668. The highest BCUT2D eigenvalue weighted by Gasteiger charge is 2.25. The summed E-state index contributed by atoms with van der Waals surface area (Å²) < 4.78 is 10.9. The molecular formula is C22H34N2O6. The minimum absolute atomic E-state index is 0.798. The number of likely N-dealkylation sites (tertiary alicyclic amines) is 2. The van der Waals surface area contributed by atoms with Crippen molar-refractivity contribution in [2.75, 3.05) is 40.4 Å². The Balaban J connectivity index is 0.000000469. The molecule has 0 unspecified atom stereocenters. The van der Waals surface area contributed by atoms with Crippen molar-refractivity contribution in [2.45, 2.75) is 51.1 Å². The van der Waals surface area contributed by atoms with Crippen molar-refractivity contribution in [1.29, 1.82) is 0 Å². The van der Waals surface area contributed by atoms with Gasteiger partial charge in [-0.3, -0.25) is 4.90 Å². The van der Waals surface area contributed by atoms with Gasteiger partial charge in [-0.25, -0.2) is 9.59 Å². The van der Waals surface area contributed by atoms with Gasteiger partial charge in [-0.15, -0.1) is 0 Å². The summed E-state index contributed by atoms with van der Waals surface area (Å²) >= 11 is 0. The van der Waals surface area contributed by atoms with Gasteiger partial charge in [0.15, 0.2) is 0 Å². The highest BCUT2D eigenvalue weighted by molar-refractivity contribution is 6.27. The molecule has 30 heavy (non-hydrogen) atoms. The molecule has 0 aliphatic carbocycles. The van der Waals surface area contributed by atoms with Gasteiger partial charge in [0.2, 0.25) is 0 Å². The zero-order chi connectivity index (χ0) is 21.9. The van der Waals surface area contributed by atoms with E-state index >= 15 is 0 Å². The SMILES string of the molecule is COc1ccc(OC)c(CN2CCC(N3CCCCCC3)CC2)c1.O=C(O)C(=O)O. The summed E-state index contributed by atoms with van der Waals surface area (Å²) in [5.74, 6) is -1.78. The van der Waals surface area contributed by atoms with E-state index in [4.69, 9.17) is 29.3 Å². The van der Waals surface area contributed by atoms with Crippen LogP contribution in [0.5, 0.6) is 11.5 Å². The van der Waals surface area contributed by atoms with Crippen molar-refractivity contribution < 1.29 is 29.3 Å². The summed E-state index contributed by atoms with van der Waals surface area (Å²) in [5.41, 5.74) is 1.23. The Morgan fingerprint density at radius 1 is 0.933 bits per heavy atom. The smallest absolute Gasteiger partial charge is 0.414 e. The fourth-order valence-corrected chi connectivity index (χ4v) is 4.15. The number of rotatable bonds is 5. The Kier molecular flexibility index (Phi) is 9.89. The predicted molar refractivity (Wildman–Crippen MR) is 113 cm³/mol. The maximum absolute atomic E-state index is 9.10. The molecule has 0 bridgehead atoms. The largest absolute Gasteiger partial charge is 0.497 e. The van der Waals surface area contributed by atoms with Crippen molar-refractivity contribution in [2.24, 2.45) is 0 Å². The van der Waals surface area contributed by atoms with E-state index in [1.807, 2.05) is 12.1 Å². The van der Waals surface area contributed by atoms with Crippen LogP contribution < -0.4 is 9.47 Å². The van der Waals surface area contributed by atoms with Crippen LogP contribution in [0.1, 0.15) is 44.1 Å². The summed E-state index contributed by atoms with van der Waals surface area (Å²) in [6.45, 7) is 5.94. The van der Waals surface area contributed by atoms with Crippen LogP contribution in [-0.2, 0) is 16.1 Å². The molecule has 2 heterocycles. The van der Waals surface area contributed by atoms with Crippen LogP contribution >= 0.6 is 0 Å². The normalized spacial score (nSPS) is 18.6. The maximum Gasteiger partial charge on any atom is 0.414 e. The second kappa shape index (κ2) is 12.4. The molecule has 2 fully saturated rings. The van der Waals surface area contributed by atoms with Crippen LogP contribution in [0.15, 0.2) is 18.2 Å². The molecule has 2 aliphatic rings. The van der Waals surface area contributed by atoms with Gasteiger partial charge in [-0.2, -0.15) is 0 Å². The third-order valence-electron chi connectivity index (χ3n) is 5.78. The van der Waals surface area contributed by atoms with Gasteiger partial charge in [0.25, 0.3) is 0 Å². The fourth-order valence-electron chi connectivity index (χ4n) is 4.15. The lowest BCUT2D eigenvalue weighted by Gasteiger charge is -2.38. The molecule has 8 heteroatoms. The average molecular weight is 423 g/mol. The Morgan fingerprint density at radius 2 is 1.53 bits per heavy atom. The lowest BCUT2D eigenvalue weighted by atomic mass is 10.0. The number of nitrogens with zero attached hydrogens (tertiary/aromatic N) is 2. The Morgan fingerprint density at radius 3 is 2.03 bits per heavy atom. The summed E-state index contributed by atoms with van der Waals surface area (Å²) in [6.07, 6.45) is 8.22. The van der Waals surface area contributed by atoms with E-state index in [1.54, 1.807) is 14.2 Å². The molecule has 2 saturated heterocycles. The number of hydrogen-bond acceptors (Lipinski definition) is 6. The van der Waals surface area contributed by atoms with Crippen LogP contribution in [0, 0.1) is 0 Å². The van der Waals surface area contributed by atoms with E-state index in [2.05, 4.69) is 15.9 Å². The Labute approximate surface area is 178 Å². The second-order valence-corrected chi connectivity index (χ2v) is 7.75. The number of methoxy groups -OCH3 is 2. The third kappa shape index (κ3) is 7.50. The van der Waals surface area contributed by atoms with Crippen LogP contribution in [0.2, 0.25) is 0 Å². The van der Waals surface area contributed by atoms with E-state index in [1.165, 1.54) is 70.3 Å². The molecule has 3 rings (SSSR count). The van der Waals surface area contributed by atoms with E-state index in [-0.39, 0.29) is 0 Å². The Hall–Kier alpha value is -2.32. The van der Waals surface area contributed by atoms with Gasteiger partial charge in [-0.1, -0.05) is 12.8 Å². The first-order valence-corrected chi connectivity index (χ1v) is 10.6. The molecule has 0 aromatic heterocycles. The van der Waals surface area contributed by atoms with E-state index in [0.717, 1.165) is 24.1 Å². The van der Waals surface area contributed by atoms with Gasteiger partial charge >= 0.3 is 11.9 Å². The van der Waals surface area contributed by atoms with E-state index in [9.17, 15) is 0 Å². The quantitative estimate of drug-likeness (QED) is 0.699. The topological polar surface area (TPSA) is 99.5 Å². The first kappa shape index (κ1) is 24.0. The number of aliphatic carboxylic acids is 2. The number of piperidine rings is 1. The number of ether oxygens (including phenoxy) is 2. The van der Waals surface area contributed by atoms with Crippen molar-refractivity contribution in [1.82, 2.24) is 9.80 Å². The van der Waals surface area contributed by atoms with Crippen molar-refractivity contribution in [3.05, 3.63) is 23.8 Å². The second-order valence-electron chi connectivity index (χ2n) is 7.75. The molecule has 1 aromatic carbocycles. The summed E-state index contributed by atoms with van der Waals surface area (Å²) in [5, 5.41) is 14.8. The highest BCUT2D eigenvalue weighted by Crippen LogP contribution is 2.27. The zero-order valence-electron chi connectivity index (χ0n) is 18.0. The molecular weight excluding hydrogens is 388 g/mol. The summed E-state index contributed by atoms with van der Waals surface area (Å²) in [6, 6.07) is 6.89. The van der Waals surface area contributed by atoms with Crippen molar-refractivity contribution in [3.8, 4) is 11.5 Å². The lowest BCUT2D eigenvalue weighted by molar-refractivity contribution is -0.159. The monoisotopic (exact) mass is 422 g/mol. The van der Waals surface area contributed by atoms with Crippen LogP contribution in [0.3, 0.4) is 0 Å². The van der Waals surface area contributed by atoms with Crippen molar-refractivity contribution in [3.63, 3.8) is 0 Å². The standard InChI is InChI=1S/C20H32N2O2.C2H2O4/c1-23-19-7-8-20(24-2)17(15-19)16-21-13-9-18(10-14-21)22-11-5-3-4-6-12-22;3-1(4)2(5)6/h7-8,15,18H,3-6,9-14,16H2,1-2H3;(H,3,4)(H,5,6). The number of carboxylic acid groups (broad SMARTS) is 2. The molecule has 0 radical (unpaired) electrons. The van der Waals surface area contributed by atoms with Gasteiger partial charge in [0.1, 0.15) is 11.5 Å². The highest BCUT2D eigenvalue weighted by atomic mass is 16.5. The van der Waals surface area contributed by atoms with E-state index in [0.29, 0.717) is 0 Å². The van der Waals surface area contributed by atoms with Gasteiger partial charge in [0.05, 0.1) is 14.2 Å². The molecule has 0 spiro atoms. The molecule has 0 amide bonds. The number of hydrogen-bond donors (Lipinski definition) is 2. The summed E-state index contributed by atoms with van der Waals surface area (Å²) in [4.78, 5) is 23.5. The zero-order valence-corrected chi connectivity index (χ0v) is 18.0. The first-order valence-electron chi connectivity index (χ1n) is 10.6. The fraction of sp³-hybridized carbons (Fsp3) is 0.636. The maximum atomic E-state index is 9.10. The molecule has 2 aliphatic heterocycles. The number of benzene rings is 1. The molecule has 0 atom stereocenters. The van der Waals surface area contributed by atoms with Gasteiger partial charge in [0, 0.05) is 18.2 Å². The lowest BCUT2D eigenvalue weighted by Crippen LogP contribution is -2.45. The van der Waals surface area contributed by atoms with Gasteiger partial charge in [-0.05, 0) is 70.1 Å². The van der Waals surface area contributed by atoms with Crippen LogP contribution in [0.25, 0.3) is 0 Å². The van der Waals surface area contributed by atoms with Crippen LogP contribution in [-0.4, -0.2) is 78.4 Å². The van der Waals surface area contributed by atoms with Crippen molar-refractivity contribution >= 4 is 11.9 Å². The number of carboxylic acids is 2. The molecule has 8 nitrogen and oxygen atoms in total. The third-order valence-corrected chi connectivity index (χ3v) is 5.78.